The minimum Gasteiger partial charge on any atom is -0.317 e. The van der Waals surface area contributed by atoms with E-state index in [0.717, 1.165) is 24.2 Å². The SMILES string of the molecule is O=C(Nc1nc(-c2ccccn2)cs1)C1CC(n2cnnc2)C1. The third-order valence-corrected chi connectivity index (χ3v) is 4.76. The molecule has 0 unspecified atom stereocenters. The number of nitrogens with zero attached hydrogens (tertiary/aromatic N) is 5. The van der Waals surface area contributed by atoms with Gasteiger partial charge in [-0.2, -0.15) is 0 Å². The van der Waals surface area contributed by atoms with Crippen LogP contribution in [0.5, 0.6) is 0 Å². The molecule has 0 aromatic carbocycles. The number of anilines is 1. The van der Waals surface area contributed by atoms with Crippen LogP contribution in [0.3, 0.4) is 0 Å². The maximum atomic E-state index is 12.3. The maximum Gasteiger partial charge on any atom is 0.229 e. The number of nitrogens with one attached hydrogen (secondary N) is 1. The van der Waals surface area contributed by atoms with Crippen LogP contribution in [-0.2, 0) is 4.79 Å². The first kappa shape index (κ1) is 14.0. The Kier molecular flexibility index (Phi) is 3.58. The number of carbonyl (C=O) groups is 1. The normalized spacial score (nSPS) is 20.0. The summed E-state index contributed by atoms with van der Waals surface area (Å²) < 4.78 is 1.95. The lowest BCUT2D eigenvalue weighted by Gasteiger charge is -2.34. The lowest BCUT2D eigenvalue weighted by Crippen LogP contribution is -2.35. The molecule has 4 rings (SSSR count). The lowest BCUT2D eigenvalue weighted by molar-refractivity contribution is -0.123. The van der Waals surface area contributed by atoms with Crippen molar-refractivity contribution < 1.29 is 4.79 Å². The average molecular weight is 326 g/mol. The van der Waals surface area contributed by atoms with E-state index < -0.39 is 0 Å². The van der Waals surface area contributed by atoms with Crippen molar-refractivity contribution in [2.45, 2.75) is 18.9 Å². The summed E-state index contributed by atoms with van der Waals surface area (Å²) in [6.07, 6.45) is 6.73. The van der Waals surface area contributed by atoms with E-state index in [-0.39, 0.29) is 11.8 Å². The molecule has 0 saturated heterocycles. The molecule has 1 saturated carbocycles. The molecule has 3 aromatic heterocycles. The number of aromatic nitrogens is 5. The molecule has 1 amide bonds. The van der Waals surface area contributed by atoms with Crippen LogP contribution in [0.25, 0.3) is 11.4 Å². The Balaban J connectivity index is 1.36. The number of carbonyl (C=O) groups excluding carboxylic acids is 1. The summed E-state index contributed by atoms with van der Waals surface area (Å²) in [4.78, 5) is 20.9. The maximum absolute atomic E-state index is 12.3. The first-order valence-electron chi connectivity index (χ1n) is 7.31. The number of thiazole rings is 1. The summed E-state index contributed by atoms with van der Waals surface area (Å²) in [5.41, 5.74) is 1.59. The van der Waals surface area contributed by atoms with E-state index in [1.54, 1.807) is 18.9 Å². The molecule has 0 spiro atoms. The topological polar surface area (TPSA) is 85.6 Å². The first-order chi connectivity index (χ1) is 11.3. The highest BCUT2D eigenvalue weighted by atomic mass is 32.1. The monoisotopic (exact) mass is 326 g/mol. The van der Waals surface area contributed by atoms with Crippen LogP contribution >= 0.6 is 11.3 Å². The van der Waals surface area contributed by atoms with Crippen LogP contribution in [0.15, 0.2) is 42.4 Å². The Labute approximate surface area is 136 Å². The van der Waals surface area contributed by atoms with Gasteiger partial charge in [0.2, 0.25) is 5.91 Å². The second-order valence-corrected chi connectivity index (χ2v) is 6.33. The Hall–Kier alpha value is -2.61. The van der Waals surface area contributed by atoms with E-state index in [9.17, 15) is 4.79 Å². The van der Waals surface area contributed by atoms with Gasteiger partial charge in [0.25, 0.3) is 0 Å². The minimum atomic E-state index is 0.0181. The molecule has 0 bridgehead atoms. The van der Waals surface area contributed by atoms with Crippen LogP contribution in [0.4, 0.5) is 5.13 Å². The van der Waals surface area contributed by atoms with Gasteiger partial charge in [0, 0.05) is 23.5 Å². The van der Waals surface area contributed by atoms with Crippen molar-refractivity contribution >= 4 is 22.4 Å². The highest BCUT2D eigenvalue weighted by Gasteiger charge is 2.35. The standard InChI is InChI=1S/C15H14N6OS/c22-14(10-5-11(6-10)21-8-17-18-9-21)20-15-19-13(7-23-15)12-3-1-2-4-16-12/h1-4,7-11H,5-6H2,(H,19,20,22). The van der Waals surface area contributed by atoms with Crippen molar-refractivity contribution in [1.82, 2.24) is 24.7 Å². The molecule has 23 heavy (non-hydrogen) atoms. The van der Waals surface area contributed by atoms with Crippen LogP contribution < -0.4 is 5.32 Å². The quantitative estimate of drug-likeness (QED) is 0.795. The van der Waals surface area contributed by atoms with Gasteiger partial charge in [-0.3, -0.25) is 9.78 Å². The predicted octanol–water partition coefficient (Wildman–Crippen LogP) is 2.39. The Morgan fingerprint density at radius 3 is 2.78 bits per heavy atom. The van der Waals surface area contributed by atoms with E-state index in [0.29, 0.717) is 11.2 Å². The van der Waals surface area contributed by atoms with Crippen molar-refractivity contribution in [3.05, 3.63) is 42.4 Å². The second-order valence-electron chi connectivity index (χ2n) is 5.47. The molecule has 116 valence electrons. The summed E-state index contributed by atoms with van der Waals surface area (Å²) >= 11 is 1.41. The Morgan fingerprint density at radius 2 is 2.04 bits per heavy atom. The van der Waals surface area contributed by atoms with E-state index in [1.165, 1.54) is 11.3 Å². The van der Waals surface area contributed by atoms with Crippen molar-refractivity contribution in [3.63, 3.8) is 0 Å². The van der Waals surface area contributed by atoms with Gasteiger partial charge in [0.15, 0.2) is 5.13 Å². The van der Waals surface area contributed by atoms with Gasteiger partial charge in [-0.15, -0.1) is 21.5 Å². The second kappa shape index (κ2) is 5.88. The summed E-state index contributed by atoms with van der Waals surface area (Å²) in [6.45, 7) is 0. The van der Waals surface area contributed by atoms with Crippen LogP contribution in [0, 0.1) is 5.92 Å². The number of hydrogen-bond donors (Lipinski definition) is 1. The lowest BCUT2D eigenvalue weighted by atomic mass is 9.79. The van der Waals surface area contributed by atoms with Gasteiger partial charge in [-0.1, -0.05) is 6.07 Å². The first-order valence-corrected chi connectivity index (χ1v) is 8.19. The summed E-state index contributed by atoms with van der Waals surface area (Å²) in [5, 5.41) is 13.0. The number of rotatable bonds is 4. The van der Waals surface area contributed by atoms with E-state index >= 15 is 0 Å². The Morgan fingerprint density at radius 1 is 1.22 bits per heavy atom. The number of pyridine rings is 1. The molecular formula is C15H14N6OS. The molecule has 0 radical (unpaired) electrons. The molecule has 1 fully saturated rings. The van der Waals surface area contributed by atoms with E-state index in [2.05, 4.69) is 25.5 Å². The molecule has 3 heterocycles. The van der Waals surface area contributed by atoms with Gasteiger partial charge in [-0.25, -0.2) is 4.98 Å². The van der Waals surface area contributed by atoms with Gasteiger partial charge in [-0.05, 0) is 25.0 Å². The van der Waals surface area contributed by atoms with Crippen LogP contribution in [-0.4, -0.2) is 30.6 Å². The average Bonchev–Trinajstić information content (AvgIpc) is 3.19. The van der Waals surface area contributed by atoms with Gasteiger partial charge in [0.1, 0.15) is 18.3 Å². The van der Waals surface area contributed by atoms with Gasteiger partial charge >= 0.3 is 0 Å². The van der Waals surface area contributed by atoms with Crippen molar-refractivity contribution in [2.75, 3.05) is 5.32 Å². The number of amides is 1. The molecule has 7 nitrogen and oxygen atoms in total. The predicted molar refractivity (Wildman–Crippen MR) is 85.8 cm³/mol. The molecule has 8 heteroatoms. The number of hydrogen-bond acceptors (Lipinski definition) is 6. The molecule has 3 aromatic rings. The third-order valence-electron chi connectivity index (χ3n) is 4.00. The molecule has 1 aliphatic rings. The van der Waals surface area contributed by atoms with E-state index in [1.807, 2.05) is 28.1 Å². The zero-order valence-corrected chi connectivity index (χ0v) is 13.0. The zero-order chi connectivity index (χ0) is 15.6. The van der Waals surface area contributed by atoms with E-state index in [4.69, 9.17) is 0 Å². The molecular weight excluding hydrogens is 312 g/mol. The fourth-order valence-corrected chi connectivity index (χ4v) is 3.32. The molecule has 1 aliphatic carbocycles. The highest BCUT2D eigenvalue weighted by molar-refractivity contribution is 7.14. The highest BCUT2D eigenvalue weighted by Crippen LogP contribution is 2.38. The summed E-state index contributed by atoms with van der Waals surface area (Å²) in [6, 6.07) is 6.00. The van der Waals surface area contributed by atoms with Crippen LogP contribution in [0.1, 0.15) is 18.9 Å². The zero-order valence-electron chi connectivity index (χ0n) is 12.2. The van der Waals surface area contributed by atoms with Crippen molar-refractivity contribution in [3.8, 4) is 11.4 Å². The smallest absolute Gasteiger partial charge is 0.229 e. The largest absolute Gasteiger partial charge is 0.317 e. The molecule has 0 aliphatic heterocycles. The van der Waals surface area contributed by atoms with Gasteiger partial charge in [0.05, 0.1) is 5.69 Å². The van der Waals surface area contributed by atoms with Gasteiger partial charge < -0.3 is 9.88 Å². The fraction of sp³-hybridized carbons (Fsp3) is 0.267. The summed E-state index contributed by atoms with van der Waals surface area (Å²) in [5.74, 6) is 0.0424. The van der Waals surface area contributed by atoms with Crippen LogP contribution in [0.2, 0.25) is 0 Å². The van der Waals surface area contributed by atoms with Crippen molar-refractivity contribution in [1.29, 1.82) is 0 Å². The third kappa shape index (κ3) is 2.85. The molecule has 0 atom stereocenters. The summed E-state index contributed by atoms with van der Waals surface area (Å²) in [7, 11) is 0. The minimum absolute atomic E-state index is 0.0181. The Bertz CT molecular complexity index is 795. The fourth-order valence-electron chi connectivity index (χ4n) is 2.61. The van der Waals surface area contributed by atoms with Crippen molar-refractivity contribution in [2.24, 2.45) is 5.92 Å². The molecule has 1 N–H and O–H groups in total.